The summed E-state index contributed by atoms with van der Waals surface area (Å²) < 4.78 is 25.2. The lowest BCUT2D eigenvalue weighted by atomic mass is 9.89. The molecular formula is C32H64O6Si4. The zero-order valence-electron chi connectivity index (χ0n) is 29.3. The molecule has 0 spiro atoms. The van der Waals surface area contributed by atoms with E-state index in [1.807, 2.05) is 25.7 Å². The van der Waals surface area contributed by atoms with Crippen LogP contribution in [-0.2, 0) is 27.3 Å². The largest absolute Gasteiger partial charge is 0.520 e. The highest BCUT2D eigenvalue weighted by molar-refractivity contribution is 6.71. The standard InChI is InChI=1S/C32H64O6Si4/c1-26(35-39(2,3)4)19-18-20-27(33)23-24-29-28(21-16-14-15-17-22-32(34)38-42(11,12)13)30(36-40(5,6)7)25-31(29)37-41(8,9)10/h14,16,23-24,26,28-31H,15,17-22,25H2,1-13H3/b16-14-,24-23+/t26?,28-,29-,30+,31-/m1/s1. The number of rotatable bonds is 19. The number of carbonyl (C=O) groups is 2. The first-order chi connectivity index (χ1) is 19.0. The molecule has 5 atom stereocenters. The Morgan fingerprint density at radius 3 is 1.90 bits per heavy atom. The van der Waals surface area contributed by atoms with Gasteiger partial charge in [0.25, 0.3) is 5.97 Å². The third kappa shape index (κ3) is 18.9. The maximum atomic E-state index is 12.9. The van der Waals surface area contributed by atoms with Crippen molar-refractivity contribution < 1.29 is 27.3 Å². The van der Waals surface area contributed by atoms with Crippen LogP contribution in [-0.4, -0.2) is 63.3 Å². The second kappa shape index (κ2) is 17.2. The third-order valence-electron chi connectivity index (χ3n) is 6.72. The molecule has 0 radical (unpaired) electrons. The fourth-order valence-electron chi connectivity index (χ4n) is 5.49. The highest BCUT2D eigenvalue weighted by atomic mass is 28.4. The molecule has 1 rings (SSSR count). The Balaban J connectivity index is 2.94. The monoisotopic (exact) mass is 656 g/mol. The summed E-state index contributed by atoms with van der Waals surface area (Å²) in [5, 5.41) is 0. The van der Waals surface area contributed by atoms with Crippen molar-refractivity contribution >= 4 is 45.0 Å². The summed E-state index contributed by atoms with van der Waals surface area (Å²) in [7, 11) is -6.98. The normalized spacial score (nSPS) is 23.2. The molecule has 0 aromatic heterocycles. The van der Waals surface area contributed by atoms with Crippen molar-refractivity contribution in [2.75, 3.05) is 0 Å². The maximum absolute atomic E-state index is 12.9. The van der Waals surface area contributed by atoms with Crippen molar-refractivity contribution in [1.82, 2.24) is 0 Å². The lowest BCUT2D eigenvalue weighted by molar-refractivity contribution is -0.135. The Labute approximate surface area is 262 Å². The van der Waals surface area contributed by atoms with Crippen molar-refractivity contribution in [3.63, 3.8) is 0 Å². The van der Waals surface area contributed by atoms with E-state index in [2.05, 4.69) is 84.1 Å². The van der Waals surface area contributed by atoms with Crippen LogP contribution in [0.15, 0.2) is 24.3 Å². The molecule has 0 aromatic rings. The van der Waals surface area contributed by atoms with E-state index in [0.29, 0.717) is 12.8 Å². The minimum Gasteiger partial charge on any atom is -0.520 e. The molecule has 6 nitrogen and oxygen atoms in total. The van der Waals surface area contributed by atoms with E-state index in [9.17, 15) is 9.59 Å². The first kappa shape index (κ1) is 39.4. The molecule has 0 aliphatic heterocycles. The Bertz CT molecular complexity index is 893. The van der Waals surface area contributed by atoms with Crippen LogP contribution in [0.25, 0.3) is 0 Å². The summed E-state index contributed by atoms with van der Waals surface area (Å²) in [6.07, 6.45) is 14.9. The van der Waals surface area contributed by atoms with Gasteiger partial charge in [-0.05, 0) is 136 Å². The summed E-state index contributed by atoms with van der Waals surface area (Å²) in [6, 6.07) is 0. The lowest BCUT2D eigenvalue weighted by Gasteiger charge is -2.29. The molecule has 244 valence electrons. The number of carbonyl (C=O) groups excluding carboxylic acids is 2. The van der Waals surface area contributed by atoms with Crippen molar-refractivity contribution in [2.24, 2.45) is 11.8 Å². The Morgan fingerprint density at radius 2 is 1.36 bits per heavy atom. The van der Waals surface area contributed by atoms with E-state index in [4.69, 9.17) is 17.7 Å². The molecular weight excluding hydrogens is 593 g/mol. The molecule has 10 heteroatoms. The summed E-state index contributed by atoms with van der Waals surface area (Å²) in [6.45, 7) is 28.3. The first-order valence-corrected chi connectivity index (χ1v) is 29.8. The predicted octanol–water partition coefficient (Wildman–Crippen LogP) is 9.09. The van der Waals surface area contributed by atoms with Gasteiger partial charge in [0, 0.05) is 24.9 Å². The van der Waals surface area contributed by atoms with Gasteiger partial charge < -0.3 is 17.7 Å². The van der Waals surface area contributed by atoms with Crippen LogP contribution in [0.2, 0.25) is 78.6 Å². The van der Waals surface area contributed by atoms with E-state index in [1.165, 1.54) is 0 Å². The third-order valence-corrected chi connectivity index (χ3v) is 10.7. The molecule has 1 fully saturated rings. The second-order valence-electron chi connectivity index (χ2n) is 16.0. The summed E-state index contributed by atoms with van der Waals surface area (Å²) in [5.74, 6) is 0.477. The Morgan fingerprint density at radius 1 is 0.762 bits per heavy atom. The van der Waals surface area contributed by atoms with Crippen LogP contribution in [0.1, 0.15) is 58.3 Å². The average molecular weight is 657 g/mol. The molecule has 0 saturated heterocycles. The molecule has 1 unspecified atom stereocenters. The van der Waals surface area contributed by atoms with Gasteiger partial charge >= 0.3 is 0 Å². The summed E-state index contributed by atoms with van der Waals surface area (Å²) >= 11 is 0. The van der Waals surface area contributed by atoms with Gasteiger partial charge in [0.05, 0.1) is 12.2 Å². The van der Waals surface area contributed by atoms with Gasteiger partial charge in [0.1, 0.15) is 0 Å². The lowest BCUT2D eigenvalue weighted by Crippen LogP contribution is -2.34. The highest BCUT2D eigenvalue weighted by Gasteiger charge is 2.45. The molecule has 0 heterocycles. The van der Waals surface area contributed by atoms with E-state index in [-0.39, 0.29) is 41.9 Å². The van der Waals surface area contributed by atoms with Gasteiger partial charge in [-0.2, -0.15) is 0 Å². The minimum atomic E-state index is -1.83. The van der Waals surface area contributed by atoms with Gasteiger partial charge in [-0.25, -0.2) is 0 Å². The van der Waals surface area contributed by atoms with E-state index >= 15 is 0 Å². The molecule has 0 amide bonds. The fraction of sp³-hybridized carbons (Fsp3) is 0.812. The molecule has 0 bridgehead atoms. The van der Waals surface area contributed by atoms with E-state index in [1.54, 1.807) is 0 Å². The Kier molecular flexibility index (Phi) is 16.1. The highest BCUT2D eigenvalue weighted by Crippen LogP contribution is 2.42. The molecule has 1 aliphatic carbocycles. The van der Waals surface area contributed by atoms with Crippen LogP contribution >= 0.6 is 0 Å². The number of allylic oxidation sites excluding steroid dienone is 3. The van der Waals surface area contributed by atoms with Crippen LogP contribution in [0.4, 0.5) is 0 Å². The van der Waals surface area contributed by atoms with Gasteiger partial charge in [-0.1, -0.05) is 18.2 Å². The van der Waals surface area contributed by atoms with E-state index < -0.39 is 33.3 Å². The van der Waals surface area contributed by atoms with Gasteiger partial charge in [-0.15, -0.1) is 0 Å². The second-order valence-corrected chi connectivity index (χ2v) is 33.8. The summed E-state index contributed by atoms with van der Waals surface area (Å²) in [4.78, 5) is 25.0. The Hall–Kier alpha value is -0.632. The van der Waals surface area contributed by atoms with Gasteiger partial charge in [0.2, 0.25) is 8.32 Å². The SMILES string of the molecule is CC(CCCC(=O)/C=C/[C@@H]1[C@@H](C/C=C\CCCC(=O)O[Si](C)(C)C)[C@@H](O[Si](C)(C)C)C[C@H]1O[Si](C)(C)C)O[Si](C)(C)C. The van der Waals surface area contributed by atoms with Gasteiger partial charge in [-0.3, -0.25) is 9.59 Å². The minimum absolute atomic E-state index is 0.0574. The number of ketones is 1. The quantitative estimate of drug-likeness (QED) is 0.0598. The van der Waals surface area contributed by atoms with Crippen molar-refractivity contribution in [1.29, 1.82) is 0 Å². The molecule has 1 aliphatic rings. The number of hydrogen-bond acceptors (Lipinski definition) is 6. The van der Waals surface area contributed by atoms with Crippen molar-refractivity contribution in [3.8, 4) is 0 Å². The van der Waals surface area contributed by atoms with Crippen LogP contribution < -0.4 is 0 Å². The zero-order chi connectivity index (χ0) is 32.4. The average Bonchev–Trinajstić information content (AvgIpc) is 3.04. The van der Waals surface area contributed by atoms with Crippen LogP contribution in [0.5, 0.6) is 0 Å². The number of unbranched alkanes of at least 4 members (excludes halogenated alkanes) is 1. The van der Waals surface area contributed by atoms with Gasteiger partial charge in [0.15, 0.2) is 30.7 Å². The van der Waals surface area contributed by atoms with Crippen LogP contribution in [0, 0.1) is 11.8 Å². The first-order valence-electron chi connectivity index (χ1n) is 16.2. The van der Waals surface area contributed by atoms with E-state index in [0.717, 1.165) is 38.5 Å². The fourth-order valence-corrected chi connectivity index (χ4v) is 9.94. The summed E-state index contributed by atoms with van der Waals surface area (Å²) in [5.41, 5.74) is 0. The molecule has 42 heavy (non-hydrogen) atoms. The number of hydrogen-bond donors (Lipinski definition) is 0. The molecule has 0 N–H and O–H groups in total. The smallest absolute Gasteiger partial charge is 0.292 e. The van der Waals surface area contributed by atoms with Crippen molar-refractivity contribution in [3.05, 3.63) is 24.3 Å². The van der Waals surface area contributed by atoms with Crippen molar-refractivity contribution in [2.45, 2.75) is 155 Å². The van der Waals surface area contributed by atoms with Crippen LogP contribution in [0.3, 0.4) is 0 Å². The molecule has 1 saturated carbocycles. The maximum Gasteiger partial charge on any atom is 0.292 e. The predicted molar refractivity (Wildman–Crippen MR) is 187 cm³/mol. The molecule has 0 aromatic carbocycles. The topological polar surface area (TPSA) is 71.1 Å². The zero-order valence-corrected chi connectivity index (χ0v) is 33.3.